The summed E-state index contributed by atoms with van der Waals surface area (Å²) in [6.07, 6.45) is 3.25. The van der Waals surface area contributed by atoms with Crippen molar-refractivity contribution in [3.63, 3.8) is 0 Å². The number of likely N-dealkylation sites (N-methyl/N-ethyl adjacent to an activating group) is 1. The molecule has 1 aromatic heterocycles. The maximum Gasteiger partial charge on any atom is 0.426 e. The number of H-pyrrole nitrogens is 1. The van der Waals surface area contributed by atoms with Gasteiger partial charge in [-0.15, -0.1) is 0 Å². The number of Topliss-reactive ketones (excluding diaryl/α,β-unsaturated/α-hetero) is 2. The number of carboxylic acid groups (broad SMARTS) is 1. The topological polar surface area (TPSA) is 319 Å². The van der Waals surface area contributed by atoms with Crippen LogP contribution >= 0.6 is 33.3 Å². The maximum atomic E-state index is 15.6. The van der Waals surface area contributed by atoms with Crippen LogP contribution < -0.4 is 31.1 Å². The number of ether oxygens (including phenoxy) is 3. The summed E-state index contributed by atoms with van der Waals surface area (Å²) in [5.41, 5.74) is 6.63. The molecule has 6 heterocycles. The quantitative estimate of drug-likeness (QED) is 0.00777. The standard InChI is InChI=1S/C76H94N8O15S3/c1-7-72(95)39-46-40-75(70(93)98-6,64-53(24-29-83(42-46)44-72)52-21-13-14-22-57(52)78-64)56-37-55-59(38-61(56)97-5)82(4)67-74(55)27-30-84-28-16-26-73(8-2,66(74)84)68(91)76(67,96)69(92)80-81-71(94)99-31-34-102-101-32-15-23-60(86)58(79-65(90)47(35-45(3)85)36-63(88)89)41-77-62(87)25-33-100-43-54-50-19-11-9-17-48(50)49-18-10-12-20-51(49)54/h9-14,16-22,26,37-38,46-47,54,58,66-68,78,91,95-96H,7-8,15,23-25,27-36,39-44H2,1-6H3,(H,77,87)(H,79,90)(H,80,92)(H,81,94)(H,88,89)/t46-,47+,58+,66+,67-,68-,72+,73-,74-,75+,76+/m1/s1. The largest absolute Gasteiger partial charge is 0.496 e. The highest BCUT2D eigenvalue weighted by molar-refractivity contribution is 8.76. The minimum absolute atomic E-state index is 0.00787. The summed E-state index contributed by atoms with van der Waals surface area (Å²) in [6, 6.07) is 25.7. The van der Waals surface area contributed by atoms with Crippen molar-refractivity contribution in [1.82, 2.24) is 36.3 Å². The molecule has 4 amide bonds. The number of carboxylic acids is 1. The van der Waals surface area contributed by atoms with Crippen molar-refractivity contribution in [2.24, 2.45) is 17.3 Å². The number of amides is 4. The molecule has 7 aliphatic rings. The minimum Gasteiger partial charge on any atom is -0.496 e. The van der Waals surface area contributed by atoms with Crippen molar-refractivity contribution < 1.29 is 73.0 Å². The van der Waals surface area contributed by atoms with Crippen LogP contribution in [0.5, 0.6) is 5.75 Å². The van der Waals surface area contributed by atoms with E-state index >= 15 is 9.59 Å². The first kappa shape index (κ1) is 74.3. The fraction of sp³-hybridized carbons (Fsp3) is 0.526. The van der Waals surface area contributed by atoms with Gasteiger partial charge in [0, 0.05) is 139 Å². The number of thioether (sulfide) groups is 1. The molecule has 5 aliphatic heterocycles. The molecular formula is C76H94N8O15S3. The lowest BCUT2D eigenvalue weighted by Crippen LogP contribution is -2.82. The fourth-order valence-electron chi connectivity index (χ4n) is 18.5. The van der Waals surface area contributed by atoms with Gasteiger partial charge in [-0.3, -0.25) is 44.0 Å². The van der Waals surface area contributed by atoms with E-state index in [0.717, 1.165) is 27.8 Å². The molecule has 1 spiro atoms. The first-order valence-electron chi connectivity index (χ1n) is 35.5. The third-order valence-corrected chi connectivity index (χ3v) is 26.4. The molecule has 4 aromatic carbocycles. The number of hydrogen-bond acceptors (Lipinski definition) is 20. The smallest absolute Gasteiger partial charge is 0.426 e. The number of esters is 1. The Morgan fingerprint density at radius 3 is 2.25 bits per heavy atom. The zero-order valence-electron chi connectivity index (χ0n) is 58.7. The number of hydrogen-bond donors (Lipinski definition) is 9. The Labute approximate surface area is 606 Å². The summed E-state index contributed by atoms with van der Waals surface area (Å²) >= 11 is 1.65. The zero-order valence-corrected chi connectivity index (χ0v) is 61.1. The van der Waals surface area contributed by atoms with Crippen molar-refractivity contribution in [3.05, 3.63) is 131 Å². The summed E-state index contributed by atoms with van der Waals surface area (Å²) in [5, 5.41) is 54.8. The van der Waals surface area contributed by atoms with Gasteiger partial charge in [-0.25, -0.2) is 10.2 Å². The van der Waals surface area contributed by atoms with Gasteiger partial charge in [-0.1, -0.05) is 114 Å². The third kappa shape index (κ3) is 13.6. The third-order valence-electron chi connectivity index (χ3n) is 22.9. The van der Waals surface area contributed by atoms with E-state index in [9.17, 15) is 49.2 Å². The van der Waals surface area contributed by atoms with Crippen LogP contribution in [0.3, 0.4) is 0 Å². The molecule has 12 atom stereocenters. The molecule has 3 fully saturated rings. The fourth-order valence-corrected chi connectivity index (χ4v) is 21.5. The van der Waals surface area contributed by atoms with Crippen LogP contribution in [-0.4, -0.2) is 208 Å². The number of piperidine rings is 1. The molecule has 102 heavy (non-hydrogen) atoms. The molecular weight excluding hydrogens is 1360 g/mol. The number of carbonyl (C=O) groups excluding carboxylic acids is 7. The number of nitrogens with zero attached hydrogens (tertiary/aromatic N) is 3. The second-order valence-electron chi connectivity index (χ2n) is 28.7. The highest BCUT2D eigenvalue weighted by Crippen LogP contribution is 2.68. The Bertz CT molecular complexity index is 4020. The first-order valence-corrected chi connectivity index (χ1v) is 39.1. The highest BCUT2D eigenvalue weighted by Gasteiger charge is 2.79. The summed E-state index contributed by atoms with van der Waals surface area (Å²) in [4.78, 5) is 119. The van der Waals surface area contributed by atoms with E-state index in [2.05, 4.69) is 66.6 Å². The van der Waals surface area contributed by atoms with Crippen molar-refractivity contribution in [1.29, 1.82) is 0 Å². The number of fused-ring (bicyclic) bond motifs is 9. The second-order valence-corrected chi connectivity index (χ2v) is 32.5. The number of methoxy groups -OCH3 is 2. The number of aliphatic carboxylic acids is 1. The number of ketones is 2. The average molecular weight is 1460 g/mol. The molecule has 2 saturated heterocycles. The molecule has 12 rings (SSSR count). The number of benzene rings is 4. The summed E-state index contributed by atoms with van der Waals surface area (Å²) in [6.45, 7) is 7.71. The van der Waals surface area contributed by atoms with Gasteiger partial charge in [0.2, 0.25) is 11.8 Å². The molecule has 0 radical (unpaired) electrons. The van der Waals surface area contributed by atoms with Crippen LogP contribution in [-0.2, 0) is 60.3 Å². The van der Waals surface area contributed by atoms with Gasteiger partial charge >= 0.3 is 18.0 Å². The van der Waals surface area contributed by atoms with Crippen molar-refractivity contribution in [3.8, 4) is 16.9 Å². The SMILES string of the molecule is CC[C@]1(O)C[C@H]2CN(CCc3c([nH]c4ccccc34)[C@@](C(=O)OC)(c3cc4c(cc3OC)N(C)[C@H]3[C@@](O)(C(=O)NNC(=O)OCCSSCCCC(=O)[C@H](CNC(=O)CCSCC5c6ccccc6-c6ccccc65)NC(=O)[C@@H](CC(C)=O)CC(=O)O)[C@H](O)[C@]5(CC)C=CCN6CC[C@]43[C@@H]65)C2)C1. The molecule has 26 heteroatoms. The zero-order chi connectivity index (χ0) is 72.5. The van der Waals surface area contributed by atoms with Gasteiger partial charge in [0.1, 0.15) is 35.7 Å². The summed E-state index contributed by atoms with van der Waals surface area (Å²) in [5.74, 6) is -3.60. The monoisotopic (exact) mass is 1450 g/mol. The Hall–Kier alpha value is -7.43. The number of anilines is 1. The van der Waals surface area contributed by atoms with E-state index in [1.165, 1.54) is 57.9 Å². The number of carbonyl (C=O) groups is 8. The Balaban J connectivity index is 0.696. The van der Waals surface area contributed by atoms with Crippen LogP contribution in [0.2, 0.25) is 0 Å². The predicted octanol–water partition coefficient (Wildman–Crippen LogP) is 7.34. The van der Waals surface area contributed by atoms with Gasteiger partial charge in [-0.05, 0) is 110 Å². The van der Waals surface area contributed by atoms with Crippen molar-refractivity contribution in [2.45, 2.75) is 144 Å². The molecule has 23 nitrogen and oxygen atoms in total. The number of nitrogens with one attached hydrogen (secondary N) is 5. The average Bonchev–Trinajstić information content (AvgIpc) is 1.46. The van der Waals surface area contributed by atoms with Crippen LogP contribution in [0.25, 0.3) is 22.0 Å². The van der Waals surface area contributed by atoms with E-state index < -0.39 is 105 Å². The van der Waals surface area contributed by atoms with E-state index in [1.54, 1.807) is 25.9 Å². The van der Waals surface area contributed by atoms with Crippen LogP contribution in [0.1, 0.15) is 124 Å². The van der Waals surface area contributed by atoms with E-state index in [4.69, 9.17) is 14.2 Å². The van der Waals surface area contributed by atoms with Gasteiger partial charge in [0.15, 0.2) is 11.4 Å². The van der Waals surface area contributed by atoms with Gasteiger partial charge in [-0.2, -0.15) is 11.8 Å². The van der Waals surface area contributed by atoms with Crippen molar-refractivity contribution >= 4 is 97.3 Å². The number of aromatic nitrogens is 1. The summed E-state index contributed by atoms with van der Waals surface area (Å²) < 4.78 is 17.9. The lowest BCUT2D eigenvalue weighted by Gasteiger charge is -2.63. The molecule has 5 aromatic rings. The van der Waals surface area contributed by atoms with Gasteiger partial charge in [0.05, 0.1) is 38.2 Å². The Morgan fingerprint density at radius 2 is 1.55 bits per heavy atom. The van der Waals surface area contributed by atoms with Crippen LogP contribution in [0.15, 0.2) is 97.1 Å². The maximum absolute atomic E-state index is 15.6. The van der Waals surface area contributed by atoms with Crippen molar-refractivity contribution in [2.75, 3.05) is 95.1 Å². The molecule has 1 saturated carbocycles. The number of aromatic amines is 1. The van der Waals surface area contributed by atoms with E-state index in [0.29, 0.717) is 105 Å². The van der Waals surface area contributed by atoms with Crippen LogP contribution in [0, 0.1) is 17.3 Å². The highest BCUT2D eigenvalue weighted by atomic mass is 33.1. The predicted molar refractivity (Wildman–Crippen MR) is 392 cm³/mol. The molecule has 546 valence electrons. The molecule has 1 unspecified atom stereocenters. The first-order chi connectivity index (χ1) is 49.0. The van der Waals surface area contributed by atoms with E-state index in [1.807, 2.05) is 85.5 Å². The number of hydrazine groups is 1. The lowest BCUT2D eigenvalue weighted by molar-refractivity contribution is -0.204. The number of aliphatic hydroxyl groups is 3. The Kier molecular flexibility index (Phi) is 22.4. The minimum atomic E-state index is -2.61. The lowest BCUT2D eigenvalue weighted by atomic mass is 9.47. The van der Waals surface area contributed by atoms with Crippen LogP contribution in [0.4, 0.5) is 10.5 Å². The second kappa shape index (κ2) is 30.7. The number of rotatable bonds is 28. The molecule has 9 N–H and O–H groups in total. The normalized spacial score (nSPS) is 27.2. The van der Waals surface area contributed by atoms with Gasteiger partial charge < -0.3 is 59.9 Å². The molecule has 2 bridgehead atoms. The molecule has 2 aliphatic carbocycles. The number of aliphatic hydroxyl groups excluding tert-OH is 1. The number of para-hydroxylation sites is 1. The van der Waals surface area contributed by atoms with E-state index in [-0.39, 0.29) is 62.3 Å². The van der Waals surface area contributed by atoms with Gasteiger partial charge in [0.25, 0.3) is 5.91 Å². The summed E-state index contributed by atoms with van der Waals surface area (Å²) in [7, 11) is 7.48. The Morgan fingerprint density at radius 1 is 0.824 bits per heavy atom.